The van der Waals surface area contributed by atoms with Crippen molar-refractivity contribution in [2.75, 3.05) is 18.1 Å². The molecule has 1 aliphatic rings. The topological polar surface area (TPSA) is 77.8 Å². The minimum atomic E-state index is 0.327. The van der Waals surface area contributed by atoms with Crippen LogP contribution < -0.4 is 5.73 Å². The lowest BCUT2D eigenvalue weighted by atomic mass is 10.2. The summed E-state index contributed by atoms with van der Waals surface area (Å²) in [6.45, 7) is 2.83. The van der Waals surface area contributed by atoms with E-state index in [1.54, 1.807) is 11.3 Å². The second kappa shape index (κ2) is 7.13. The molecule has 2 atom stereocenters. The molecule has 3 rings (SSSR count). The van der Waals surface area contributed by atoms with Crippen molar-refractivity contribution in [1.82, 2.24) is 15.1 Å². The smallest absolute Gasteiger partial charge is 0.277 e. The Balaban J connectivity index is 1.78. The fourth-order valence-electron chi connectivity index (χ4n) is 2.24. The van der Waals surface area contributed by atoms with Gasteiger partial charge in [0, 0.05) is 28.6 Å². The summed E-state index contributed by atoms with van der Waals surface area (Å²) in [5.41, 5.74) is 6.32. The molecule has 114 valence electrons. The number of hydrogen-bond donors (Lipinski definition) is 1. The zero-order chi connectivity index (χ0) is 14.7. The molecule has 1 saturated heterocycles. The van der Waals surface area contributed by atoms with Gasteiger partial charge in [0.05, 0.1) is 10.3 Å². The van der Waals surface area contributed by atoms with Crippen molar-refractivity contribution in [3.63, 3.8) is 0 Å². The van der Waals surface area contributed by atoms with Crippen LogP contribution in [0.2, 0.25) is 0 Å². The van der Waals surface area contributed by atoms with E-state index in [2.05, 4.69) is 22.0 Å². The first-order chi connectivity index (χ1) is 10.3. The molecule has 0 saturated carbocycles. The normalized spacial score (nSPS) is 22.6. The van der Waals surface area contributed by atoms with Crippen molar-refractivity contribution in [3.8, 4) is 11.6 Å². The van der Waals surface area contributed by atoms with Gasteiger partial charge in [0.25, 0.3) is 5.89 Å². The van der Waals surface area contributed by atoms with Crippen LogP contribution in [-0.2, 0) is 6.42 Å². The Hall–Kier alpha value is -0.570. The van der Waals surface area contributed by atoms with Crippen LogP contribution in [0, 0.1) is 0 Å². The third-order valence-electron chi connectivity index (χ3n) is 3.28. The zero-order valence-electron chi connectivity index (χ0n) is 11.8. The number of rotatable bonds is 5. The second-order valence-corrected chi connectivity index (χ2v) is 8.27. The molecular weight excluding hydrogens is 324 g/mol. The summed E-state index contributed by atoms with van der Waals surface area (Å²) in [4.78, 5) is 9.07. The average molecular weight is 343 g/mol. The molecule has 3 heterocycles. The molecule has 8 heteroatoms. The van der Waals surface area contributed by atoms with Crippen molar-refractivity contribution in [2.45, 2.75) is 30.3 Å². The van der Waals surface area contributed by atoms with E-state index >= 15 is 0 Å². The van der Waals surface area contributed by atoms with Crippen LogP contribution in [-0.4, -0.2) is 38.4 Å². The first-order valence-electron chi connectivity index (χ1n) is 7.03. The van der Waals surface area contributed by atoms with Gasteiger partial charge in [-0.05, 0) is 13.0 Å². The van der Waals surface area contributed by atoms with Gasteiger partial charge in [0.1, 0.15) is 5.69 Å². The lowest BCUT2D eigenvalue weighted by Gasteiger charge is -2.27. The number of hydrogen-bond acceptors (Lipinski definition) is 8. The minimum absolute atomic E-state index is 0.327. The van der Waals surface area contributed by atoms with Gasteiger partial charge in [-0.15, -0.1) is 23.1 Å². The molecule has 21 heavy (non-hydrogen) atoms. The molecule has 5 nitrogen and oxygen atoms in total. The van der Waals surface area contributed by atoms with E-state index in [1.807, 2.05) is 28.9 Å². The molecule has 0 radical (unpaired) electrons. The molecule has 0 amide bonds. The highest BCUT2D eigenvalue weighted by molar-refractivity contribution is 8.06. The van der Waals surface area contributed by atoms with Gasteiger partial charge >= 0.3 is 0 Å². The van der Waals surface area contributed by atoms with Crippen molar-refractivity contribution in [1.29, 1.82) is 0 Å². The van der Waals surface area contributed by atoms with E-state index in [1.165, 1.54) is 5.75 Å². The van der Waals surface area contributed by atoms with Gasteiger partial charge in [-0.25, -0.2) is 4.98 Å². The summed E-state index contributed by atoms with van der Waals surface area (Å²) in [6.07, 6.45) is 1.92. The van der Waals surface area contributed by atoms with Crippen LogP contribution in [0.5, 0.6) is 0 Å². The van der Waals surface area contributed by atoms with E-state index in [4.69, 9.17) is 10.3 Å². The Morgan fingerprint density at radius 2 is 2.19 bits per heavy atom. The van der Waals surface area contributed by atoms with E-state index in [0.717, 1.165) is 35.1 Å². The molecule has 1 fully saturated rings. The molecule has 0 aromatic carbocycles. The van der Waals surface area contributed by atoms with Crippen LogP contribution in [0.25, 0.3) is 11.6 Å². The molecule has 2 unspecified atom stereocenters. The van der Waals surface area contributed by atoms with Gasteiger partial charge in [-0.2, -0.15) is 16.7 Å². The zero-order valence-corrected chi connectivity index (χ0v) is 14.3. The van der Waals surface area contributed by atoms with Crippen LogP contribution >= 0.6 is 34.9 Å². The maximum atomic E-state index is 5.55. The standard InChI is InChI=1S/C13H18N4OS3/c1-2-9-11(20-6-5-19-9)12-16-13(18-17-12)8-7-21-10(15-8)3-4-14/h7,9,11H,2-6,14H2,1H3. The van der Waals surface area contributed by atoms with E-state index in [9.17, 15) is 0 Å². The molecular formula is C13H18N4OS3. The summed E-state index contributed by atoms with van der Waals surface area (Å²) in [5.74, 6) is 3.68. The quantitative estimate of drug-likeness (QED) is 0.895. The van der Waals surface area contributed by atoms with Crippen LogP contribution in [0.1, 0.15) is 29.4 Å². The number of nitrogens with zero attached hydrogens (tertiary/aromatic N) is 3. The number of nitrogens with two attached hydrogens (primary N) is 1. The van der Waals surface area contributed by atoms with Gasteiger partial charge in [-0.1, -0.05) is 12.1 Å². The van der Waals surface area contributed by atoms with Gasteiger partial charge in [0.15, 0.2) is 5.82 Å². The summed E-state index contributed by atoms with van der Waals surface area (Å²) in [7, 11) is 0. The van der Waals surface area contributed by atoms with Crippen molar-refractivity contribution in [2.24, 2.45) is 5.73 Å². The SMILES string of the molecule is CCC1SCCSC1c1noc(-c2csc(CCN)n2)n1. The summed E-state index contributed by atoms with van der Waals surface area (Å²) in [6, 6.07) is 0. The van der Waals surface area contributed by atoms with Gasteiger partial charge in [-0.3, -0.25) is 0 Å². The van der Waals surface area contributed by atoms with E-state index in [-0.39, 0.29) is 0 Å². The molecule has 1 aliphatic heterocycles. The molecule has 0 aliphatic carbocycles. The van der Waals surface area contributed by atoms with Gasteiger partial charge in [0.2, 0.25) is 0 Å². The maximum Gasteiger partial charge on any atom is 0.277 e. The Morgan fingerprint density at radius 1 is 1.33 bits per heavy atom. The second-order valence-electron chi connectivity index (χ2n) is 4.73. The minimum Gasteiger partial charge on any atom is -0.332 e. The maximum absolute atomic E-state index is 5.55. The fourth-order valence-corrected chi connectivity index (χ4v) is 6.01. The Morgan fingerprint density at radius 3 is 3.00 bits per heavy atom. The predicted molar refractivity (Wildman–Crippen MR) is 89.9 cm³/mol. The largest absolute Gasteiger partial charge is 0.332 e. The molecule has 2 aromatic rings. The van der Waals surface area contributed by atoms with Crippen LogP contribution in [0.4, 0.5) is 0 Å². The predicted octanol–water partition coefficient (Wildman–Crippen LogP) is 2.99. The van der Waals surface area contributed by atoms with Crippen molar-refractivity contribution >= 4 is 34.9 Å². The lowest BCUT2D eigenvalue weighted by molar-refractivity contribution is 0.420. The Labute approximate surface area is 136 Å². The summed E-state index contributed by atoms with van der Waals surface area (Å²) in [5, 5.41) is 8.06. The lowest BCUT2D eigenvalue weighted by Crippen LogP contribution is -2.19. The molecule has 2 N–H and O–H groups in total. The van der Waals surface area contributed by atoms with Gasteiger partial charge < -0.3 is 10.3 Å². The third-order valence-corrected chi connectivity index (χ3v) is 7.43. The molecule has 0 spiro atoms. The Kier molecular flexibility index (Phi) is 5.20. The first kappa shape index (κ1) is 15.3. The van der Waals surface area contributed by atoms with E-state index < -0.39 is 0 Å². The monoisotopic (exact) mass is 342 g/mol. The first-order valence-corrected chi connectivity index (χ1v) is 10.0. The average Bonchev–Trinajstić information content (AvgIpc) is 3.16. The van der Waals surface area contributed by atoms with Crippen LogP contribution in [0.15, 0.2) is 9.90 Å². The summed E-state index contributed by atoms with van der Waals surface area (Å²) < 4.78 is 5.42. The van der Waals surface area contributed by atoms with Crippen molar-refractivity contribution in [3.05, 3.63) is 16.2 Å². The number of thioether (sulfide) groups is 2. The fraction of sp³-hybridized carbons (Fsp3) is 0.615. The van der Waals surface area contributed by atoms with E-state index in [0.29, 0.717) is 22.9 Å². The molecule has 0 bridgehead atoms. The summed E-state index contributed by atoms with van der Waals surface area (Å²) >= 11 is 5.53. The Bertz CT molecular complexity index is 585. The highest BCUT2D eigenvalue weighted by atomic mass is 32.2. The van der Waals surface area contributed by atoms with Crippen LogP contribution in [0.3, 0.4) is 0 Å². The highest BCUT2D eigenvalue weighted by Crippen LogP contribution is 2.43. The molecule has 2 aromatic heterocycles. The number of aromatic nitrogens is 3. The highest BCUT2D eigenvalue weighted by Gasteiger charge is 2.30. The third kappa shape index (κ3) is 3.44. The number of thiazole rings is 1. The van der Waals surface area contributed by atoms with Crippen molar-refractivity contribution < 1.29 is 4.52 Å².